The van der Waals surface area contributed by atoms with Crippen LogP contribution in [0.15, 0.2) is 73.3 Å². The molecule has 0 aliphatic carbocycles. The Labute approximate surface area is 209 Å². The molecule has 7 nitrogen and oxygen atoms in total. The largest absolute Gasteiger partial charge is 0.438 e. The summed E-state index contributed by atoms with van der Waals surface area (Å²) in [5.74, 6) is 1.13. The first-order valence-corrected chi connectivity index (χ1v) is 11.4. The molecule has 0 saturated carbocycles. The van der Waals surface area contributed by atoms with E-state index < -0.39 is 17.6 Å². The van der Waals surface area contributed by atoms with Crippen molar-refractivity contribution in [3.63, 3.8) is 0 Å². The number of benzene rings is 2. The first-order chi connectivity index (χ1) is 17.7. The van der Waals surface area contributed by atoms with Crippen LogP contribution in [0.4, 0.5) is 13.2 Å². The van der Waals surface area contributed by atoms with Gasteiger partial charge in [-0.2, -0.15) is 13.2 Å². The molecule has 0 unspecified atom stereocenters. The lowest BCUT2D eigenvalue weighted by molar-refractivity contribution is -0.137. The fourth-order valence-corrected chi connectivity index (χ4v) is 3.84. The minimum Gasteiger partial charge on any atom is -0.438 e. The highest BCUT2D eigenvalue weighted by Crippen LogP contribution is 2.33. The van der Waals surface area contributed by atoms with Crippen molar-refractivity contribution < 1.29 is 22.7 Å². The molecule has 5 rings (SSSR count). The molecular formula is C27H20F3N5O2. The predicted octanol–water partition coefficient (Wildman–Crippen LogP) is 6.26. The van der Waals surface area contributed by atoms with Crippen LogP contribution in [-0.2, 0) is 12.6 Å². The van der Waals surface area contributed by atoms with Crippen LogP contribution in [0.3, 0.4) is 0 Å². The van der Waals surface area contributed by atoms with E-state index in [4.69, 9.17) is 4.74 Å². The molecule has 0 aliphatic heterocycles. The van der Waals surface area contributed by atoms with Crippen molar-refractivity contribution in [2.24, 2.45) is 0 Å². The number of pyridine rings is 1. The summed E-state index contributed by atoms with van der Waals surface area (Å²) in [6.45, 7) is 3.74. The standard InChI is InChI=1S/C27H20F3N5O2/c1-3-23-32-15-33-24(34-23)20-5-4-11-31-25(20)37-22-13-18(7-6-16(22)2)26(36)35-12-10-17-8-9-19(14-21(17)35)27(28,29)30/h4-15H,3H2,1-2H3. The Morgan fingerprint density at radius 1 is 1.03 bits per heavy atom. The normalized spacial score (nSPS) is 11.6. The number of aromatic nitrogens is 5. The second kappa shape index (κ2) is 9.45. The first kappa shape index (κ1) is 24.1. The van der Waals surface area contributed by atoms with Crippen LogP contribution in [-0.4, -0.2) is 30.4 Å². The van der Waals surface area contributed by atoms with E-state index in [2.05, 4.69) is 19.9 Å². The summed E-state index contributed by atoms with van der Waals surface area (Å²) >= 11 is 0. The number of halogens is 3. The van der Waals surface area contributed by atoms with E-state index in [1.54, 1.807) is 42.6 Å². The Morgan fingerprint density at radius 3 is 2.65 bits per heavy atom. The molecule has 0 atom stereocenters. The smallest absolute Gasteiger partial charge is 0.416 e. The van der Waals surface area contributed by atoms with Crippen molar-refractivity contribution in [2.45, 2.75) is 26.4 Å². The Hall–Kier alpha value is -4.60. The second-order valence-corrected chi connectivity index (χ2v) is 8.28. The van der Waals surface area contributed by atoms with Gasteiger partial charge in [-0.1, -0.05) is 19.1 Å². The minimum atomic E-state index is -4.52. The minimum absolute atomic E-state index is 0.163. The fraction of sp³-hybridized carbons (Fsp3) is 0.148. The van der Waals surface area contributed by atoms with Gasteiger partial charge in [0, 0.05) is 29.8 Å². The van der Waals surface area contributed by atoms with Crippen molar-refractivity contribution in [1.82, 2.24) is 24.5 Å². The summed E-state index contributed by atoms with van der Waals surface area (Å²) in [5, 5.41) is 0.520. The van der Waals surface area contributed by atoms with Crippen LogP contribution >= 0.6 is 0 Å². The van der Waals surface area contributed by atoms with Gasteiger partial charge >= 0.3 is 6.18 Å². The van der Waals surface area contributed by atoms with Crippen molar-refractivity contribution in [2.75, 3.05) is 0 Å². The zero-order valence-electron chi connectivity index (χ0n) is 19.8. The zero-order chi connectivity index (χ0) is 26.2. The van der Waals surface area contributed by atoms with Crippen LogP contribution in [0, 0.1) is 6.92 Å². The molecule has 3 heterocycles. The highest BCUT2D eigenvalue weighted by Gasteiger charge is 2.31. The number of aryl methyl sites for hydroxylation is 2. The summed E-state index contributed by atoms with van der Waals surface area (Å²) in [4.78, 5) is 30.5. The molecule has 0 aliphatic rings. The van der Waals surface area contributed by atoms with Gasteiger partial charge in [0.1, 0.15) is 17.9 Å². The highest BCUT2D eigenvalue weighted by atomic mass is 19.4. The van der Waals surface area contributed by atoms with Gasteiger partial charge in [-0.3, -0.25) is 9.36 Å². The number of nitrogens with zero attached hydrogens (tertiary/aromatic N) is 5. The lowest BCUT2D eigenvalue weighted by Gasteiger charge is -2.13. The summed E-state index contributed by atoms with van der Waals surface area (Å²) in [6, 6.07) is 13.3. The first-order valence-electron chi connectivity index (χ1n) is 11.4. The van der Waals surface area contributed by atoms with Crippen LogP contribution in [0.1, 0.15) is 34.2 Å². The Bertz CT molecular complexity index is 1630. The molecule has 0 amide bonds. The highest BCUT2D eigenvalue weighted by molar-refractivity contribution is 6.02. The van der Waals surface area contributed by atoms with E-state index in [1.165, 1.54) is 23.2 Å². The third-order valence-corrected chi connectivity index (χ3v) is 5.83. The maximum Gasteiger partial charge on any atom is 0.416 e. The van der Waals surface area contributed by atoms with Gasteiger partial charge in [0.25, 0.3) is 5.91 Å². The van der Waals surface area contributed by atoms with Crippen LogP contribution in [0.25, 0.3) is 22.3 Å². The molecule has 0 radical (unpaired) electrons. The van der Waals surface area contributed by atoms with E-state index in [0.717, 1.165) is 17.7 Å². The van der Waals surface area contributed by atoms with Gasteiger partial charge in [0.15, 0.2) is 5.82 Å². The number of rotatable bonds is 5. The molecule has 3 aromatic heterocycles. The van der Waals surface area contributed by atoms with Gasteiger partial charge in [0.2, 0.25) is 5.88 Å². The number of hydrogen-bond donors (Lipinski definition) is 0. The van der Waals surface area contributed by atoms with E-state index in [0.29, 0.717) is 34.8 Å². The SMILES string of the molecule is CCc1ncnc(-c2cccnc2Oc2cc(C(=O)n3ccc4ccc(C(F)(F)F)cc43)ccc2C)n1. The number of fused-ring (bicyclic) bond motifs is 1. The molecule has 186 valence electrons. The fourth-order valence-electron chi connectivity index (χ4n) is 3.84. The number of ether oxygens (including phenoxy) is 1. The number of hydrogen-bond acceptors (Lipinski definition) is 6. The van der Waals surface area contributed by atoms with Gasteiger partial charge in [-0.05, 0) is 55.0 Å². The summed E-state index contributed by atoms with van der Waals surface area (Å²) in [6.07, 6.45) is 0.557. The molecule has 0 bridgehead atoms. The van der Waals surface area contributed by atoms with Crippen molar-refractivity contribution in [1.29, 1.82) is 0 Å². The summed E-state index contributed by atoms with van der Waals surface area (Å²) in [7, 11) is 0. The van der Waals surface area contributed by atoms with Crippen molar-refractivity contribution in [3.05, 3.63) is 95.8 Å². The Kier molecular flexibility index (Phi) is 6.16. The van der Waals surface area contributed by atoms with Crippen LogP contribution < -0.4 is 4.74 Å². The van der Waals surface area contributed by atoms with Crippen LogP contribution in [0.5, 0.6) is 11.6 Å². The lowest BCUT2D eigenvalue weighted by atomic mass is 10.1. The van der Waals surface area contributed by atoms with E-state index in [9.17, 15) is 18.0 Å². The van der Waals surface area contributed by atoms with Gasteiger partial charge < -0.3 is 4.74 Å². The van der Waals surface area contributed by atoms with Crippen molar-refractivity contribution >= 4 is 16.8 Å². The zero-order valence-corrected chi connectivity index (χ0v) is 19.8. The number of carbonyl (C=O) groups excluding carboxylic acids is 1. The number of alkyl halides is 3. The maximum absolute atomic E-state index is 13.3. The molecule has 5 aromatic rings. The topological polar surface area (TPSA) is 82.8 Å². The lowest BCUT2D eigenvalue weighted by Crippen LogP contribution is -2.12. The third-order valence-electron chi connectivity index (χ3n) is 5.83. The summed E-state index contributed by atoms with van der Waals surface area (Å²) < 4.78 is 47.1. The molecule has 10 heteroatoms. The molecular weight excluding hydrogens is 483 g/mol. The average molecular weight is 503 g/mol. The molecule has 0 saturated heterocycles. The Morgan fingerprint density at radius 2 is 1.86 bits per heavy atom. The summed E-state index contributed by atoms with van der Waals surface area (Å²) in [5.41, 5.74) is 0.854. The number of carbonyl (C=O) groups is 1. The molecule has 0 spiro atoms. The monoisotopic (exact) mass is 503 g/mol. The van der Waals surface area contributed by atoms with E-state index >= 15 is 0 Å². The van der Waals surface area contributed by atoms with E-state index in [-0.39, 0.29) is 17.0 Å². The average Bonchev–Trinajstić information content (AvgIpc) is 3.33. The third kappa shape index (κ3) is 4.77. The quantitative estimate of drug-likeness (QED) is 0.282. The van der Waals surface area contributed by atoms with Crippen molar-refractivity contribution in [3.8, 4) is 23.0 Å². The Balaban J connectivity index is 1.51. The molecule has 0 fully saturated rings. The van der Waals surface area contributed by atoms with E-state index in [1.807, 2.05) is 13.8 Å². The van der Waals surface area contributed by atoms with Gasteiger partial charge in [-0.15, -0.1) is 0 Å². The molecule has 37 heavy (non-hydrogen) atoms. The van der Waals surface area contributed by atoms with Crippen LogP contribution in [0.2, 0.25) is 0 Å². The second-order valence-electron chi connectivity index (χ2n) is 8.28. The van der Waals surface area contributed by atoms with Gasteiger partial charge in [-0.25, -0.2) is 19.9 Å². The maximum atomic E-state index is 13.3. The molecule has 0 N–H and O–H groups in total. The van der Waals surface area contributed by atoms with Gasteiger partial charge in [0.05, 0.1) is 16.6 Å². The predicted molar refractivity (Wildman–Crippen MR) is 130 cm³/mol. The molecule has 2 aromatic carbocycles.